The van der Waals surface area contributed by atoms with Crippen LogP contribution in [0.25, 0.3) is 0 Å². The standard InChI is InChI=1S/C14H20Br2N2/c1-10-3-2-4-11(7-10)5-6-17-14-13(16)8-12(15)9-18-14/h8-11H,2-7H2,1H3,(H,17,18). The van der Waals surface area contributed by atoms with Crippen molar-refractivity contribution < 1.29 is 0 Å². The molecule has 1 heterocycles. The third-order valence-corrected chi connectivity index (χ3v) is 4.74. The highest BCUT2D eigenvalue weighted by atomic mass is 79.9. The molecule has 2 nitrogen and oxygen atoms in total. The van der Waals surface area contributed by atoms with Gasteiger partial charge < -0.3 is 5.32 Å². The number of nitrogens with zero attached hydrogens (tertiary/aromatic N) is 1. The molecule has 1 N–H and O–H groups in total. The summed E-state index contributed by atoms with van der Waals surface area (Å²) >= 11 is 6.94. The van der Waals surface area contributed by atoms with Gasteiger partial charge in [-0.3, -0.25) is 0 Å². The summed E-state index contributed by atoms with van der Waals surface area (Å²) in [6.07, 6.45) is 8.72. The average molecular weight is 376 g/mol. The van der Waals surface area contributed by atoms with Gasteiger partial charge in [-0.1, -0.05) is 26.2 Å². The predicted molar refractivity (Wildman–Crippen MR) is 83.9 cm³/mol. The molecule has 1 aliphatic rings. The smallest absolute Gasteiger partial charge is 0.140 e. The molecule has 1 aromatic rings. The Hall–Kier alpha value is -0.0900. The molecule has 0 aliphatic heterocycles. The van der Waals surface area contributed by atoms with Crippen molar-refractivity contribution in [1.82, 2.24) is 4.98 Å². The molecule has 0 radical (unpaired) electrons. The molecule has 0 aromatic carbocycles. The lowest BCUT2D eigenvalue weighted by atomic mass is 9.81. The monoisotopic (exact) mass is 374 g/mol. The zero-order chi connectivity index (χ0) is 13.0. The molecule has 1 aliphatic carbocycles. The van der Waals surface area contributed by atoms with Crippen molar-refractivity contribution in [3.8, 4) is 0 Å². The van der Waals surface area contributed by atoms with Gasteiger partial charge in [-0.2, -0.15) is 0 Å². The van der Waals surface area contributed by atoms with E-state index in [9.17, 15) is 0 Å². The van der Waals surface area contributed by atoms with E-state index in [1.165, 1.54) is 32.1 Å². The van der Waals surface area contributed by atoms with Gasteiger partial charge in [0, 0.05) is 17.2 Å². The molecule has 1 fully saturated rings. The van der Waals surface area contributed by atoms with E-state index in [1.807, 2.05) is 12.3 Å². The zero-order valence-electron chi connectivity index (χ0n) is 10.8. The number of hydrogen-bond donors (Lipinski definition) is 1. The third kappa shape index (κ3) is 4.23. The molecule has 0 saturated heterocycles. The Bertz CT molecular complexity index is 395. The van der Waals surface area contributed by atoms with Crippen molar-refractivity contribution in [1.29, 1.82) is 0 Å². The van der Waals surface area contributed by atoms with Gasteiger partial charge in [-0.05, 0) is 62.6 Å². The van der Waals surface area contributed by atoms with E-state index in [0.717, 1.165) is 33.1 Å². The Kier molecular flexibility index (Phi) is 5.49. The summed E-state index contributed by atoms with van der Waals surface area (Å²) in [6.45, 7) is 3.40. The molecule has 0 spiro atoms. The van der Waals surface area contributed by atoms with Crippen molar-refractivity contribution in [2.24, 2.45) is 11.8 Å². The quantitative estimate of drug-likeness (QED) is 0.778. The fourth-order valence-corrected chi connectivity index (χ4v) is 3.89. The number of aromatic nitrogens is 1. The first-order valence-electron chi connectivity index (χ1n) is 6.70. The van der Waals surface area contributed by atoms with Crippen LogP contribution in [0.1, 0.15) is 39.0 Å². The summed E-state index contributed by atoms with van der Waals surface area (Å²) in [6, 6.07) is 2.03. The van der Waals surface area contributed by atoms with Crippen molar-refractivity contribution >= 4 is 37.7 Å². The Balaban J connectivity index is 1.77. The van der Waals surface area contributed by atoms with Crippen LogP contribution in [0.15, 0.2) is 21.2 Å². The third-order valence-electron chi connectivity index (χ3n) is 3.70. The molecular formula is C14H20Br2N2. The maximum absolute atomic E-state index is 4.37. The second-order valence-corrected chi connectivity index (χ2v) is 7.11. The van der Waals surface area contributed by atoms with Crippen LogP contribution in [0.4, 0.5) is 5.82 Å². The Morgan fingerprint density at radius 3 is 2.94 bits per heavy atom. The van der Waals surface area contributed by atoms with Crippen molar-refractivity contribution in [3.05, 3.63) is 21.2 Å². The Morgan fingerprint density at radius 1 is 1.39 bits per heavy atom. The van der Waals surface area contributed by atoms with Gasteiger partial charge in [-0.15, -0.1) is 0 Å². The van der Waals surface area contributed by atoms with E-state index < -0.39 is 0 Å². The number of nitrogens with one attached hydrogen (secondary N) is 1. The Morgan fingerprint density at radius 2 is 2.22 bits per heavy atom. The Labute approximate surface area is 126 Å². The molecule has 100 valence electrons. The summed E-state index contributed by atoms with van der Waals surface area (Å²) < 4.78 is 2.02. The molecule has 2 rings (SSSR count). The van der Waals surface area contributed by atoms with Gasteiger partial charge in [0.05, 0.1) is 4.47 Å². The fraction of sp³-hybridized carbons (Fsp3) is 0.643. The van der Waals surface area contributed by atoms with Crippen LogP contribution in [0.3, 0.4) is 0 Å². The molecule has 0 amide bonds. The van der Waals surface area contributed by atoms with E-state index in [1.54, 1.807) is 0 Å². The van der Waals surface area contributed by atoms with Gasteiger partial charge >= 0.3 is 0 Å². The van der Waals surface area contributed by atoms with Crippen molar-refractivity contribution in [2.75, 3.05) is 11.9 Å². The fourth-order valence-electron chi connectivity index (χ4n) is 2.76. The van der Waals surface area contributed by atoms with E-state index in [4.69, 9.17) is 0 Å². The van der Waals surface area contributed by atoms with E-state index in [0.29, 0.717) is 0 Å². The van der Waals surface area contributed by atoms with Crippen LogP contribution >= 0.6 is 31.9 Å². The number of hydrogen-bond acceptors (Lipinski definition) is 2. The minimum Gasteiger partial charge on any atom is -0.369 e. The first kappa shape index (κ1) is 14.3. The number of anilines is 1. The number of pyridine rings is 1. The molecule has 2 atom stereocenters. The van der Waals surface area contributed by atoms with Gasteiger partial charge in [0.15, 0.2) is 0 Å². The molecule has 1 aromatic heterocycles. The minimum absolute atomic E-state index is 0.899. The van der Waals surface area contributed by atoms with Gasteiger partial charge in [0.25, 0.3) is 0 Å². The van der Waals surface area contributed by atoms with Crippen LogP contribution in [0.2, 0.25) is 0 Å². The summed E-state index contributed by atoms with van der Waals surface area (Å²) in [5.74, 6) is 2.76. The second kappa shape index (κ2) is 6.90. The van der Waals surface area contributed by atoms with Crippen molar-refractivity contribution in [2.45, 2.75) is 39.0 Å². The first-order chi connectivity index (χ1) is 8.65. The lowest BCUT2D eigenvalue weighted by Gasteiger charge is -2.26. The van der Waals surface area contributed by atoms with E-state index >= 15 is 0 Å². The van der Waals surface area contributed by atoms with Gasteiger partial charge in [-0.25, -0.2) is 4.98 Å². The number of halogens is 2. The summed E-state index contributed by atoms with van der Waals surface area (Å²) in [7, 11) is 0. The molecular weight excluding hydrogens is 356 g/mol. The average Bonchev–Trinajstić information content (AvgIpc) is 2.32. The van der Waals surface area contributed by atoms with Crippen LogP contribution in [0.5, 0.6) is 0 Å². The molecule has 0 bridgehead atoms. The SMILES string of the molecule is CC1CCCC(CCNc2ncc(Br)cc2Br)C1. The van der Waals surface area contributed by atoms with Crippen LogP contribution < -0.4 is 5.32 Å². The lowest BCUT2D eigenvalue weighted by molar-refractivity contribution is 0.274. The van der Waals surface area contributed by atoms with Crippen LogP contribution in [0, 0.1) is 11.8 Å². The predicted octanol–water partition coefficient (Wildman–Crippen LogP) is 5.23. The highest BCUT2D eigenvalue weighted by Crippen LogP contribution is 2.31. The van der Waals surface area contributed by atoms with Gasteiger partial charge in [0.2, 0.25) is 0 Å². The summed E-state index contributed by atoms with van der Waals surface area (Å²) in [5.41, 5.74) is 0. The highest BCUT2D eigenvalue weighted by Gasteiger charge is 2.18. The maximum Gasteiger partial charge on any atom is 0.140 e. The van der Waals surface area contributed by atoms with Crippen molar-refractivity contribution in [3.63, 3.8) is 0 Å². The first-order valence-corrected chi connectivity index (χ1v) is 8.28. The lowest BCUT2D eigenvalue weighted by Crippen LogP contribution is -2.17. The largest absolute Gasteiger partial charge is 0.369 e. The normalized spacial score (nSPS) is 23.9. The summed E-state index contributed by atoms with van der Waals surface area (Å²) in [4.78, 5) is 4.37. The minimum atomic E-state index is 0.899. The van der Waals surface area contributed by atoms with E-state index in [2.05, 4.69) is 49.1 Å². The number of rotatable bonds is 4. The molecule has 18 heavy (non-hydrogen) atoms. The molecule has 1 saturated carbocycles. The molecule has 2 unspecified atom stereocenters. The second-order valence-electron chi connectivity index (χ2n) is 5.34. The zero-order valence-corrected chi connectivity index (χ0v) is 13.9. The topological polar surface area (TPSA) is 24.9 Å². The van der Waals surface area contributed by atoms with Gasteiger partial charge in [0.1, 0.15) is 5.82 Å². The maximum atomic E-state index is 4.37. The molecule has 4 heteroatoms. The van der Waals surface area contributed by atoms with E-state index in [-0.39, 0.29) is 0 Å². The summed E-state index contributed by atoms with van der Waals surface area (Å²) in [5, 5.41) is 3.42. The van der Waals surface area contributed by atoms with Crippen LogP contribution in [-0.2, 0) is 0 Å². The van der Waals surface area contributed by atoms with Crippen LogP contribution in [-0.4, -0.2) is 11.5 Å². The highest BCUT2D eigenvalue weighted by molar-refractivity contribution is 9.11.